The molecule has 8 nitrogen and oxygen atoms in total. The van der Waals surface area contributed by atoms with Crippen LogP contribution < -0.4 is 17.0 Å². The van der Waals surface area contributed by atoms with Gasteiger partial charge in [0.25, 0.3) is 5.56 Å². The zero-order valence-electron chi connectivity index (χ0n) is 14.3. The molecule has 138 valence electrons. The Morgan fingerprint density at radius 2 is 1.81 bits per heavy atom. The Balaban J connectivity index is 2.27. The average Bonchev–Trinajstić information content (AvgIpc) is 2.62. The van der Waals surface area contributed by atoms with Crippen molar-refractivity contribution >= 4 is 29.2 Å². The highest BCUT2D eigenvalue weighted by Crippen LogP contribution is 2.11. The van der Waals surface area contributed by atoms with E-state index in [9.17, 15) is 19.2 Å². The van der Waals surface area contributed by atoms with Gasteiger partial charge in [0, 0.05) is 18.6 Å². The number of hydrogen-bond acceptors (Lipinski definition) is 6. The summed E-state index contributed by atoms with van der Waals surface area (Å²) in [7, 11) is 1.26. The van der Waals surface area contributed by atoms with Gasteiger partial charge in [-0.15, -0.1) is 0 Å². The standard InChI is InChI=1S/C17H18ClN3O5/c1-3-8-21-14(19)13(15(23)20(2)17(21)25)12(22)9-26-16(24)10-4-6-11(18)7-5-10/h4-7H,3,8-9,19H2,1-2H3. The fourth-order valence-electron chi connectivity index (χ4n) is 2.36. The molecule has 0 atom stereocenters. The molecule has 0 saturated carbocycles. The topological polar surface area (TPSA) is 113 Å². The molecular formula is C17H18ClN3O5. The van der Waals surface area contributed by atoms with Gasteiger partial charge in [-0.1, -0.05) is 18.5 Å². The Labute approximate surface area is 153 Å². The number of ether oxygens (including phenoxy) is 1. The van der Waals surface area contributed by atoms with E-state index in [1.807, 2.05) is 6.92 Å². The fraction of sp³-hybridized carbons (Fsp3) is 0.294. The second-order valence-corrected chi connectivity index (χ2v) is 6.00. The Bertz CT molecular complexity index is 960. The van der Waals surface area contributed by atoms with Gasteiger partial charge >= 0.3 is 11.7 Å². The van der Waals surface area contributed by atoms with Crippen LogP contribution in [0.4, 0.5) is 5.82 Å². The van der Waals surface area contributed by atoms with E-state index in [1.54, 1.807) is 0 Å². The Morgan fingerprint density at radius 1 is 1.19 bits per heavy atom. The lowest BCUT2D eigenvalue weighted by molar-refractivity contribution is 0.0474. The highest BCUT2D eigenvalue weighted by atomic mass is 35.5. The second-order valence-electron chi connectivity index (χ2n) is 5.56. The molecule has 9 heteroatoms. The molecule has 1 aromatic carbocycles. The monoisotopic (exact) mass is 379 g/mol. The summed E-state index contributed by atoms with van der Waals surface area (Å²) >= 11 is 5.74. The zero-order chi connectivity index (χ0) is 19.4. The predicted octanol–water partition coefficient (Wildman–Crippen LogP) is 1.23. The number of rotatable bonds is 6. The lowest BCUT2D eigenvalue weighted by atomic mass is 10.2. The van der Waals surface area contributed by atoms with E-state index in [0.29, 0.717) is 11.4 Å². The van der Waals surface area contributed by atoms with Gasteiger partial charge in [-0.3, -0.25) is 18.7 Å². The SMILES string of the molecule is CCCn1c(N)c(C(=O)COC(=O)c2ccc(Cl)cc2)c(=O)n(C)c1=O. The van der Waals surface area contributed by atoms with E-state index >= 15 is 0 Å². The van der Waals surface area contributed by atoms with Gasteiger partial charge in [-0.05, 0) is 30.7 Å². The van der Waals surface area contributed by atoms with Crippen molar-refractivity contribution in [2.75, 3.05) is 12.3 Å². The third-order valence-corrected chi connectivity index (χ3v) is 3.98. The van der Waals surface area contributed by atoms with Crippen molar-refractivity contribution in [3.63, 3.8) is 0 Å². The van der Waals surface area contributed by atoms with E-state index in [0.717, 1.165) is 9.13 Å². The van der Waals surface area contributed by atoms with Gasteiger partial charge in [0.2, 0.25) is 5.78 Å². The third-order valence-electron chi connectivity index (χ3n) is 3.72. The maximum absolute atomic E-state index is 12.4. The largest absolute Gasteiger partial charge is 0.454 e. The molecule has 26 heavy (non-hydrogen) atoms. The number of anilines is 1. The number of hydrogen-bond donors (Lipinski definition) is 1. The van der Waals surface area contributed by atoms with Crippen LogP contribution in [0.15, 0.2) is 33.9 Å². The second kappa shape index (κ2) is 8.01. The maximum Gasteiger partial charge on any atom is 0.338 e. The molecule has 0 radical (unpaired) electrons. The highest BCUT2D eigenvalue weighted by molar-refractivity contribution is 6.30. The fourth-order valence-corrected chi connectivity index (χ4v) is 2.48. The first kappa shape index (κ1) is 19.5. The van der Waals surface area contributed by atoms with Crippen LogP contribution in [0.2, 0.25) is 5.02 Å². The summed E-state index contributed by atoms with van der Waals surface area (Å²) < 4.78 is 6.90. The molecule has 0 fully saturated rings. The summed E-state index contributed by atoms with van der Waals surface area (Å²) in [5.41, 5.74) is 4.25. The van der Waals surface area contributed by atoms with Crippen LogP contribution in [-0.4, -0.2) is 27.5 Å². The number of nitrogens with two attached hydrogens (primary N) is 1. The Kier molecular flexibility index (Phi) is 5.99. The summed E-state index contributed by atoms with van der Waals surface area (Å²) in [6, 6.07) is 5.91. The van der Waals surface area contributed by atoms with E-state index < -0.39 is 29.6 Å². The van der Waals surface area contributed by atoms with Crippen LogP contribution in [0.3, 0.4) is 0 Å². The smallest absolute Gasteiger partial charge is 0.338 e. The Morgan fingerprint density at radius 3 is 2.38 bits per heavy atom. The van der Waals surface area contributed by atoms with Crippen molar-refractivity contribution in [3.8, 4) is 0 Å². The van der Waals surface area contributed by atoms with E-state index in [4.69, 9.17) is 22.1 Å². The van der Waals surface area contributed by atoms with E-state index in [-0.39, 0.29) is 23.5 Å². The molecule has 2 rings (SSSR count). The van der Waals surface area contributed by atoms with Gasteiger partial charge in [0.05, 0.1) is 5.56 Å². The predicted molar refractivity (Wildman–Crippen MR) is 96.7 cm³/mol. The number of esters is 1. The number of nitrogen functional groups attached to an aromatic ring is 1. The zero-order valence-corrected chi connectivity index (χ0v) is 15.1. The van der Waals surface area contributed by atoms with Crippen LogP contribution in [-0.2, 0) is 18.3 Å². The molecule has 0 aliphatic rings. The minimum absolute atomic E-state index is 0.207. The summed E-state index contributed by atoms with van der Waals surface area (Å²) in [5, 5.41) is 0.451. The molecule has 0 amide bonds. The molecule has 0 spiro atoms. The van der Waals surface area contributed by atoms with E-state index in [2.05, 4.69) is 0 Å². The van der Waals surface area contributed by atoms with Crippen LogP contribution >= 0.6 is 11.6 Å². The molecule has 0 saturated heterocycles. The number of Topliss-reactive ketones (excluding diaryl/α,β-unsaturated/α-hetero) is 1. The van der Waals surface area contributed by atoms with Gasteiger partial charge in [0.15, 0.2) is 6.61 Å². The molecule has 0 aliphatic heterocycles. The van der Waals surface area contributed by atoms with Crippen molar-refractivity contribution in [1.82, 2.24) is 9.13 Å². The molecule has 0 bridgehead atoms. The summed E-state index contributed by atoms with van der Waals surface area (Å²) in [5.74, 6) is -1.75. The van der Waals surface area contributed by atoms with Gasteiger partial charge < -0.3 is 10.5 Å². The number of ketones is 1. The van der Waals surface area contributed by atoms with Crippen molar-refractivity contribution in [1.29, 1.82) is 0 Å². The first-order chi connectivity index (χ1) is 12.3. The van der Waals surface area contributed by atoms with Crippen LogP contribution in [0.5, 0.6) is 0 Å². The number of carbonyl (C=O) groups excluding carboxylic acids is 2. The van der Waals surface area contributed by atoms with Crippen molar-refractivity contribution in [2.45, 2.75) is 19.9 Å². The minimum Gasteiger partial charge on any atom is -0.454 e. The number of benzene rings is 1. The van der Waals surface area contributed by atoms with Gasteiger partial charge in [-0.25, -0.2) is 9.59 Å². The quantitative estimate of drug-likeness (QED) is 0.596. The Hall–Kier alpha value is -2.87. The normalized spacial score (nSPS) is 10.6. The molecule has 0 unspecified atom stereocenters. The first-order valence-corrected chi connectivity index (χ1v) is 8.20. The average molecular weight is 380 g/mol. The number of halogens is 1. The molecule has 2 aromatic rings. The third kappa shape index (κ3) is 3.85. The van der Waals surface area contributed by atoms with Gasteiger partial charge in [0.1, 0.15) is 11.4 Å². The summed E-state index contributed by atoms with van der Waals surface area (Å²) in [4.78, 5) is 48.7. The molecule has 0 aliphatic carbocycles. The van der Waals surface area contributed by atoms with E-state index in [1.165, 1.54) is 31.3 Å². The number of aromatic nitrogens is 2. The first-order valence-electron chi connectivity index (χ1n) is 7.83. The summed E-state index contributed by atoms with van der Waals surface area (Å²) in [6.45, 7) is 1.40. The van der Waals surface area contributed by atoms with Gasteiger partial charge in [-0.2, -0.15) is 0 Å². The lowest BCUT2D eigenvalue weighted by Gasteiger charge is -2.13. The van der Waals surface area contributed by atoms with Crippen molar-refractivity contribution in [2.24, 2.45) is 7.05 Å². The molecular weight excluding hydrogens is 362 g/mol. The number of nitrogens with zero attached hydrogens (tertiary/aromatic N) is 2. The minimum atomic E-state index is -0.826. The van der Waals surface area contributed by atoms with Crippen molar-refractivity contribution in [3.05, 3.63) is 61.3 Å². The molecule has 1 aromatic heterocycles. The maximum atomic E-state index is 12.4. The number of carbonyl (C=O) groups is 2. The van der Waals surface area contributed by atoms with Crippen LogP contribution in [0.1, 0.15) is 34.1 Å². The van der Waals surface area contributed by atoms with Crippen LogP contribution in [0, 0.1) is 0 Å². The molecule has 2 N–H and O–H groups in total. The molecule has 1 heterocycles. The lowest BCUT2D eigenvalue weighted by Crippen LogP contribution is -2.43. The highest BCUT2D eigenvalue weighted by Gasteiger charge is 2.22. The van der Waals surface area contributed by atoms with Crippen LogP contribution in [0.25, 0.3) is 0 Å². The van der Waals surface area contributed by atoms with Crippen molar-refractivity contribution < 1.29 is 14.3 Å². The summed E-state index contributed by atoms with van der Waals surface area (Å²) in [6.07, 6.45) is 0.585.